The number of nitrogens with zero attached hydrogens (tertiary/aromatic N) is 5. The molecule has 3 rings (SSSR count). The van der Waals surface area contributed by atoms with Gasteiger partial charge in [-0.1, -0.05) is 0 Å². The van der Waals surface area contributed by atoms with Crippen LogP contribution in [0.2, 0.25) is 0 Å². The molecular weight excluding hydrogens is 308 g/mol. The number of anilines is 1. The monoisotopic (exact) mass is 330 g/mol. The van der Waals surface area contributed by atoms with Crippen LogP contribution >= 0.6 is 0 Å². The van der Waals surface area contributed by atoms with Gasteiger partial charge in [-0.3, -0.25) is 9.48 Å². The minimum absolute atomic E-state index is 0.0622. The molecule has 1 saturated heterocycles. The van der Waals surface area contributed by atoms with Gasteiger partial charge >= 0.3 is 0 Å². The number of ether oxygens (including phenoxy) is 1. The normalized spacial score (nSPS) is 17.6. The third kappa shape index (κ3) is 3.47. The molecule has 1 fully saturated rings. The van der Waals surface area contributed by atoms with Crippen molar-refractivity contribution in [1.82, 2.24) is 25.1 Å². The van der Waals surface area contributed by atoms with E-state index in [2.05, 4.69) is 25.3 Å². The van der Waals surface area contributed by atoms with E-state index in [9.17, 15) is 4.79 Å². The third-order valence-electron chi connectivity index (χ3n) is 4.12. The largest absolute Gasteiger partial charge is 0.494 e. The zero-order chi connectivity index (χ0) is 17.1. The van der Waals surface area contributed by atoms with E-state index < -0.39 is 0 Å². The molecule has 0 aliphatic carbocycles. The van der Waals surface area contributed by atoms with E-state index in [0.717, 1.165) is 25.1 Å². The topological polar surface area (TPSA) is 85.2 Å². The Bertz CT molecular complexity index is 712. The molecule has 1 atom stereocenters. The molecule has 1 aliphatic heterocycles. The number of aryl methyl sites for hydroxylation is 2. The summed E-state index contributed by atoms with van der Waals surface area (Å²) >= 11 is 0. The van der Waals surface area contributed by atoms with Gasteiger partial charge in [-0.25, -0.2) is 9.97 Å². The van der Waals surface area contributed by atoms with Crippen LogP contribution in [-0.4, -0.2) is 51.9 Å². The predicted octanol–water partition coefficient (Wildman–Crippen LogP) is 0.926. The molecule has 128 valence electrons. The lowest BCUT2D eigenvalue weighted by Gasteiger charge is -2.33. The minimum Gasteiger partial charge on any atom is -0.494 e. The molecule has 2 aromatic heterocycles. The van der Waals surface area contributed by atoms with Crippen LogP contribution in [0.25, 0.3) is 0 Å². The van der Waals surface area contributed by atoms with Gasteiger partial charge in [0, 0.05) is 26.2 Å². The van der Waals surface area contributed by atoms with Gasteiger partial charge in [0.25, 0.3) is 5.91 Å². The van der Waals surface area contributed by atoms with Gasteiger partial charge in [-0.05, 0) is 25.8 Å². The van der Waals surface area contributed by atoms with Gasteiger partial charge in [-0.2, -0.15) is 5.10 Å². The molecule has 24 heavy (non-hydrogen) atoms. The maximum atomic E-state index is 12.4. The summed E-state index contributed by atoms with van der Waals surface area (Å²) in [6, 6.07) is 1.86. The van der Waals surface area contributed by atoms with E-state index in [1.165, 1.54) is 0 Å². The van der Waals surface area contributed by atoms with Crippen molar-refractivity contribution in [2.45, 2.75) is 25.8 Å². The molecule has 1 aliphatic rings. The SMILES string of the molecule is COc1cnc(N2CCCC(NC(=O)c3cc(C)nn3C)C2)nc1. The van der Waals surface area contributed by atoms with Crippen LogP contribution in [0.3, 0.4) is 0 Å². The van der Waals surface area contributed by atoms with Crippen LogP contribution in [0.1, 0.15) is 29.0 Å². The fraction of sp³-hybridized carbons (Fsp3) is 0.500. The number of methoxy groups -OCH3 is 1. The molecule has 1 N–H and O–H groups in total. The average molecular weight is 330 g/mol. The Hall–Kier alpha value is -2.64. The Kier molecular flexibility index (Phi) is 4.64. The third-order valence-corrected chi connectivity index (χ3v) is 4.12. The zero-order valence-electron chi connectivity index (χ0n) is 14.2. The highest BCUT2D eigenvalue weighted by atomic mass is 16.5. The van der Waals surface area contributed by atoms with Crippen molar-refractivity contribution in [3.05, 3.63) is 29.8 Å². The summed E-state index contributed by atoms with van der Waals surface area (Å²) in [4.78, 5) is 23.2. The Labute approximate surface area is 140 Å². The molecule has 2 aromatic rings. The number of piperidine rings is 1. The number of aromatic nitrogens is 4. The average Bonchev–Trinajstić information content (AvgIpc) is 2.94. The fourth-order valence-corrected chi connectivity index (χ4v) is 2.94. The number of hydrogen-bond acceptors (Lipinski definition) is 6. The lowest BCUT2D eigenvalue weighted by molar-refractivity contribution is 0.0923. The first-order chi connectivity index (χ1) is 11.6. The van der Waals surface area contributed by atoms with Crippen molar-refractivity contribution >= 4 is 11.9 Å². The van der Waals surface area contributed by atoms with Crippen molar-refractivity contribution in [3.63, 3.8) is 0 Å². The molecule has 0 bridgehead atoms. The maximum absolute atomic E-state index is 12.4. The highest BCUT2D eigenvalue weighted by molar-refractivity contribution is 5.92. The summed E-state index contributed by atoms with van der Waals surface area (Å²) in [6.07, 6.45) is 5.23. The summed E-state index contributed by atoms with van der Waals surface area (Å²) in [7, 11) is 3.37. The van der Waals surface area contributed by atoms with Crippen molar-refractivity contribution in [3.8, 4) is 5.75 Å². The summed E-state index contributed by atoms with van der Waals surface area (Å²) in [5.74, 6) is 1.19. The van der Waals surface area contributed by atoms with Gasteiger partial charge in [0.05, 0.1) is 25.2 Å². The van der Waals surface area contributed by atoms with Gasteiger partial charge in [-0.15, -0.1) is 0 Å². The lowest BCUT2D eigenvalue weighted by Crippen LogP contribution is -2.48. The van der Waals surface area contributed by atoms with Crippen molar-refractivity contribution in [1.29, 1.82) is 0 Å². The van der Waals surface area contributed by atoms with Crippen LogP contribution in [0.15, 0.2) is 18.5 Å². The van der Waals surface area contributed by atoms with Crippen LogP contribution in [-0.2, 0) is 7.05 Å². The van der Waals surface area contributed by atoms with E-state index in [1.807, 2.05) is 6.92 Å². The molecule has 3 heterocycles. The Morgan fingerprint density at radius 3 is 2.75 bits per heavy atom. The van der Waals surface area contributed by atoms with E-state index in [-0.39, 0.29) is 11.9 Å². The Morgan fingerprint density at radius 2 is 2.12 bits per heavy atom. The van der Waals surface area contributed by atoms with Crippen LogP contribution in [0.5, 0.6) is 5.75 Å². The second kappa shape index (κ2) is 6.86. The van der Waals surface area contributed by atoms with Gasteiger partial charge in [0.15, 0.2) is 5.75 Å². The van der Waals surface area contributed by atoms with E-state index >= 15 is 0 Å². The molecule has 8 heteroatoms. The Morgan fingerprint density at radius 1 is 1.38 bits per heavy atom. The first-order valence-electron chi connectivity index (χ1n) is 7.99. The molecule has 1 amide bonds. The fourth-order valence-electron chi connectivity index (χ4n) is 2.94. The number of rotatable bonds is 4. The molecule has 0 spiro atoms. The highest BCUT2D eigenvalue weighted by Crippen LogP contribution is 2.17. The molecule has 0 radical (unpaired) electrons. The standard InChI is InChI=1S/C16H22N6O2/c1-11-7-14(21(2)20-11)15(23)19-12-5-4-6-22(10-12)16-17-8-13(24-3)9-18-16/h7-9,12H,4-6,10H2,1-3H3,(H,19,23). The van der Waals surface area contributed by atoms with Crippen LogP contribution in [0, 0.1) is 6.92 Å². The summed E-state index contributed by atoms with van der Waals surface area (Å²) in [6.45, 7) is 3.44. The molecular formula is C16H22N6O2. The van der Waals surface area contributed by atoms with Crippen LogP contribution in [0.4, 0.5) is 5.95 Å². The Balaban J connectivity index is 1.64. The zero-order valence-corrected chi connectivity index (χ0v) is 14.2. The maximum Gasteiger partial charge on any atom is 0.269 e. The number of nitrogens with one attached hydrogen (secondary N) is 1. The number of carbonyl (C=O) groups excluding carboxylic acids is 1. The van der Waals surface area contributed by atoms with Crippen molar-refractivity contribution in [2.75, 3.05) is 25.1 Å². The van der Waals surface area contributed by atoms with Crippen LogP contribution < -0.4 is 15.0 Å². The lowest BCUT2D eigenvalue weighted by atomic mass is 10.1. The van der Waals surface area contributed by atoms with Gasteiger partial charge in [0.1, 0.15) is 5.69 Å². The number of carbonyl (C=O) groups is 1. The number of hydrogen-bond donors (Lipinski definition) is 1. The van der Waals surface area contributed by atoms with Gasteiger partial charge < -0.3 is 15.0 Å². The molecule has 1 unspecified atom stereocenters. The first-order valence-corrected chi connectivity index (χ1v) is 7.99. The quantitative estimate of drug-likeness (QED) is 0.897. The summed E-state index contributed by atoms with van der Waals surface area (Å²) < 4.78 is 6.69. The first kappa shape index (κ1) is 16.2. The number of amides is 1. The molecule has 8 nitrogen and oxygen atoms in total. The van der Waals surface area contributed by atoms with Crippen molar-refractivity contribution < 1.29 is 9.53 Å². The molecule has 0 saturated carbocycles. The van der Waals surface area contributed by atoms with Crippen molar-refractivity contribution in [2.24, 2.45) is 7.05 Å². The van der Waals surface area contributed by atoms with Gasteiger partial charge in [0.2, 0.25) is 5.95 Å². The second-order valence-electron chi connectivity index (χ2n) is 5.98. The summed E-state index contributed by atoms with van der Waals surface area (Å²) in [5.41, 5.74) is 1.41. The van der Waals surface area contributed by atoms with E-state index in [1.54, 1.807) is 37.3 Å². The smallest absolute Gasteiger partial charge is 0.269 e. The highest BCUT2D eigenvalue weighted by Gasteiger charge is 2.24. The predicted molar refractivity (Wildman–Crippen MR) is 89.2 cm³/mol. The summed E-state index contributed by atoms with van der Waals surface area (Å²) in [5, 5.41) is 7.31. The van der Waals surface area contributed by atoms with E-state index in [4.69, 9.17) is 4.74 Å². The second-order valence-corrected chi connectivity index (χ2v) is 5.98. The van der Waals surface area contributed by atoms with E-state index in [0.29, 0.717) is 23.9 Å². The molecule has 0 aromatic carbocycles. The minimum atomic E-state index is -0.0967.